The van der Waals surface area contributed by atoms with Crippen LogP contribution >= 0.6 is 7.60 Å². The van der Waals surface area contributed by atoms with Crippen LogP contribution in [0.15, 0.2) is 41.4 Å². The molecule has 0 aliphatic rings. The lowest BCUT2D eigenvalue weighted by Crippen LogP contribution is -2.16. The number of nitrogens with zero attached hydrogens (tertiary/aromatic N) is 3. The van der Waals surface area contributed by atoms with Crippen molar-refractivity contribution in [2.75, 3.05) is 0 Å². The van der Waals surface area contributed by atoms with E-state index in [1.807, 2.05) is 0 Å². The van der Waals surface area contributed by atoms with Gasteiger partial charge in [-0.1, -0.05) is 35.1 Å². The van der Waals surface area contributed by atoms with Gasteiger partial charge in [0.15, 0.2) is 0 Å². The highest BCUT2D eigenvalue weighted by Gasteiger charge is 2.05. The second kappa shape index (κ2) is 8.22. The molecule has 0 N–H and O–H groups in total. The third-order valence-corrected chi connectivity index (χ3v) is 4.01. The smallest absolute Gasteiger partial charge is 0.0871 e. The van der Waals surface area contributed by atoms with Crippen molar-refractivity contribution in [2.45, 2.75) is 46.6 Å². The molecule has 7 heteroatoms. The molecule has 0 amide bonds. The van der Waals surface area contributed by atoms with Gasteiger partial charge in [0, 0.05) is 12.6 Å². The first kappa shape index (κ1) is 18.6. The van der Waals surface area contributed by atoms with E-state index in [4.69, 9.17) is 0 Å². The van der Waals surface area contributed by atoms with Gasteiger partial charge < -0.3 is 14.4 Å². The Kier molecular flexibility index (Phi) is 6.94. The van der Waals surface area contributed by atoms with Crippen LogP contribution in [0.1, 0.15) is 39.3 Å². The van der Waals surface area contributed by atoms with Crippen LogP contribution in [0.3, 0.4) is 0 Å². The molecule has 0 fully saturated rings. The maximum atomic E-state index is 10.8. The Labute approximate surface area is 131 Å². The van der Waals surface area contributed by atoms with Gasteiger partial charge in [0.2, 0.25) is 0 Å². The van der Waals surface area contributed by atoms with Gasteiger partial charge in [-0.25, -0.2) is 4.68 Å². The Balaban J connectivity index is 2.53. The summed E-state index contributed by atoms with van der Waals surface area (Å²) in [6.07, 6.45) is 7.78. The molecule has 0 atom stereocenters. The van der Waals surface area contributed by atoms with Crippen LogP contribution < -0.4 is 9.79 Å². The summed E-state index contributed by atoms with van der Waals surface area (Å²) in [5.41, 5.74) is 2.98. The Morgan fingerprint density at radius 3 is 2.64 bits per heavy atom. The quantitative estimate of drug-likeness (QED) is 0.538. The van der Waals surface area contributed by atoms with Crippen LogP contribution in [0.25, 0.3) is 0 Å². The predicted octanol–water partition coefficient (Wildman–Crippen LogP) is 1.94. The summed E-state index contributed by atoms with van der Waals surface area (Å²) in [6.45, 7) is 10.0. The van der Waals surface area contributed by atoms with Crippen LogP contribution in [0, 0.1) is 0 Å². The van der Waals surface area contributed by atoms with Gasteiger partial charge in [0.25, 0.3) is 0 Å². The van der Waals surface area contributed by atoms with Crippen molar-refractivity contribution < 1.29 is 14.4 Å². The van der Waals surface area contributed by atoms with E-state index in [9.17, 15) is 14.4 Å². The average Bonchev–Trinajstić information content (AvgIpc) is 2.82. The van der Waals surface area contributed by atoms with E-state index in [0.717, 1.165) is 12.8 Å². The van der Waals surface area contributed by atoms with E-state index >= 15 is 0 Å². The molecule has 6 nitrogen and oxygen atoms in total. The largest absolute Gasteiger partial charge is 0.808 e. The molecule has 0 saturated carbocycles. The van der Waals surface area contributed by atoms with Crippen LogP contribution in [0.4, 0.5) is 0 Å². The molecule has 1 rings (SSSR count). The summed E-state index contributed by atoms with van der Waals surface area (Å²) >= 11 is 0. The molecule has 1 aromatic heterocycles. The van der Waals surface area contributed by atoms with Gasteiger partial charge in [-0.15, -0.1) is 5.10 Å². The number of hydrogen-bond donors (Lipinski definition) is 0. The molecule has 0 bridgehead atoms. The Bertz CT molecular complexity index is 622. The molecule has 0 aliphatic carbocycles. The first-order chi connectivity index (χ1) is 10.2. The summed E-state index contributed by atoms with van der Waals surface area (Å²) in [5.74, 6) is 0. The zero-order chi connectivity index (χ0) is 16.8. The molecule has 22 heavy (non-hydrogen) atoms. The van der Waals surface area contributed by atoms with Crippen molar-refractivity contribution in [1.29, 1.82) is 0 Å². The van der Waals surface area contributed by atoms with Crippen molar-refractivity contribution in [2.24, 2.45) is 0 Å². The highest BCUT2D eigenvalue weighted by Crippen LogP contribution is 2.35. The molecule has 0 saturated heterocycles. The van der Waals surface area contributed by atoms with Gasteiger partial charge in [-0.05, 0) is 46.5 Å². The lowest BCUT2D eigenvalue weighted by molar-refractivity contribution is -0.310. The van der Waals surface area contributed by atoms with Crippen LogP contribution in [-0.2, 0) is 17.5 Å². The number of hydrogen-bond acceptors (Lipinski definition) is 5. The topological polar surface area (TPSA) is 93.9 Å². The zero-order valence-electron chi connectivity index (χ0n) is 13.3. The van der Waals surface area contributed by atoms with Crippen LogP contribution in [0.5, 0.6) is 0 Å². The van der Waals surface area contributed by atoms with Crippen LogP contribution in [-0.4, -0.2) is 15.0 Å². The first-order valence-corrected chi connectivity index (χ1v) is 8.61. The number of aromatic nitrogens is 3. The molecule has 122 valence electrons. The second-order valence-electron chi connectivity index (χ2n) is 5.54. The van der Waals surface area contributed by atoms with E-state index in [-0.39, 0.29) is 11.7 Å². The molecule has 0 unspecified atom stereocenters. The van der Waals surface area contributed by atoms with E-state index in [1.165, 1.54) is 11.1 Å². The molecule has 0 aromatic carbocycles. The average molecular weight is 323 g/mol. The van der Waals surface area contributed by atoms with E-state index in [0.29, 0.717) is 12.2 Å². The van der Waals surface area contributed by atoms with Crippen molar-refractivity contribution in [3.63, 3.8) is 0 Å². The Hall–Kier alpha value is -1.49. The maximum Gasteiger partial charge on any atom is 0.0871 e. The highest BCUT2D eigenvalue weighted by molar-refractivity contribution is 7.53. The van der Waals surface area contributed by atoms with Crippen molar-refractivity contribution >= 4 is 7.60 Å². The number of allylic oxidation sites excluding steroid dienone is 5. The van der Waals surface area contributed by atoms with E-state index in [2.05, 4.69) is 49.8 Å². The zero-order valence-corrected chi connectivity index (χ0v) is 14.2. The lowest BCUT2D eigenvalue weighted by Gasteiger charge is -2.31. The first-order valence-electron chi connectivity index (χ1n) is 7.07. The minimum Gasteiger partial charge on any atom is -0.808 e. The maximum absolute atomic E-state index is 10.8. The van der Waals surface area contributed by atoms with Gasteiger partial charge in [0.05, 0.1) is 12.2 Å². The minimum absolute atomic E-state index is 0.0897. The summed E-state index contributed by atoms with van der Waals surface area (Å²) in [5, 5.41) is 7.39. The van der Waals surface area contributed by atoms with Crippen molar-refractivity contribution in [1.82, 2.24) is 15.0 Å². The summed E-state index contributed by atoms with van der Waals surface area (Å²) in [6, 6.07) is 0. The Morgan fingerprint density at radius 2 is 2.05 bits per heavy atom. The fraction of sp³-hybridized carbons (Fsp3) is 0.467. The fourth-order valence-corrected chi connectivity index (χ4v) is 2.11. The molecular formula is C15H22N3O3P-2. The SMILES string of the molecule is C=C(Cc1cn(C/C=C(\C)CCC=C(C)C)nn1)P(=O)([O-])[O-]. The second-order valence-corrected chi connectivity index (χ2v) is 7.17. The van der Waals surface area contributed by atoms with Gasteiger partial charge in [-0.2, -0.15) is 0 Å². The van der Waals surface area contributed by atoms with E-state index < -0.39 is 7.60 Å². The van der Waals surface area contributed by atoms with E-state index in [1.54, 1.807) is 10.9 Å². The predicted molar refractivity (Wildman–Crippen MR) is 82.9 cm³/mol. The van der Waals surface area contributed by atoms with Gasteiger partial charge >= 0.3 is 0 Å². The summed E-state index contributed by atoms with van der Waals surface area (Å²) in [7, 11) is -4.75. The molecule has 0 spiro atoms. The third-order valence-electron chi connectivity index (χ3n) is 3.08. The summed E-state index contributed by atoms with van der Waals surface area (Å²) < 4.78 is 12.4. The van der Waals surface area contributed by atoms with Gasteiger partial charge in [0.1, 0.15) is 0 Å². The minimum atomic E-state index is -4.75. The monoisotopic (exact) mass is 323 g/mol. The molecular weight excluding hydrogens is 301 g/mol. The van der Waals surface area contributed by atoms with Gasteiger partial charge in [-0.3, -0.25) is 0 Å². The lowest BCUT2D eigenvalue weighted by atomic mass is 10.1. The summed E-state index contributed by atoms with van der Waals surface area (Å²) in [4.78, 5) is 21.6. The molecule has 1 aromatic rings. The highest BCUT2D eigenvalue weighted by atomic mass is 31.2. The molecule has 0 aliphatic heterocycles. The van der Waals surface area contributed by atoms with Crippen molar-refractivity contribution in [3.05, 3.63) is 47.1 Å². The Morgan fingerprint density at radius 1 is 1.36 bits per heavy atom. The molecule has 0 radical (unpaired) electrons. The molecule has 1 heterocycles. The third kappa shape index (κ3) is 6.98. The fourth-order valence-electron chi connectivity index (χ4n) is 1.75. The van der Waals surface area contributed by atoms with Crippen molar-refractivity contribution in [3.8, 4) is 0 Å². The number of rotatable bonds is 8. The standard InChI is InChI=1S/C15H24N3O3P/c1-12(2)6-5-7-13(3)8-9-18-11-15(16-17-18)10-14(4)22(19,20)21/h6,8,11H,4-5,7,9-10H2,1-3H3,(H2,19,20,21)/p-2/b13-8+. The normalized spacial score (nSPS) is 12.3. The van der Waals surface area contributed by atoms with Crippen LogP contribution in [0.2, 0.25) is 0 Å².